The molecule has 0 saturated heterocycles. The van der Waals surface area contributed by atoms with Crippen LogP contribution in [-0.2, 0) is 13.8 Å². The smallest absolute Gasteiger partial charge is 0.248 e. The van der Waals surface area contributed by atoms with Crippen LogP contribution in [-0.4, -0.2) is 14.3 Å². The largest absolute Gasteiger partial charge is 0.324 e. The third-order valence-corrected chi connectivity index (χ3v) is 3.59. The molecule has 0 spiro atoms. The summed E-state index contributed by atoms with van der Waals surface area (Å²) in [4.78, 5) is 11.3. The van der Waals surface area contributed by atoms with E-state index >= 15 is 0 Å². The van der Waals surface area contributed by atoms with Crippen molar-refractivity contribution in [3.8, 4) is 0 Å². The van der Waals surface area contributed by atoms with Crippen LogP contribution in [0.4, 0.5) is 5.69 Å². The molecule has 1 heterocycles. The maximum Gasteiger partial charge on any atom is 0.248 e. The highest BCUT2D eigenvalue weighted by Crippen LogP contribution is 2.37. The predicted molar refractivity (Wildman–Crippen MR) is 52.6 cm³/mol. The Labute approximate surface area is 85.3 Å². The third-order valence-electron chi connectivity index (χ3n) is 2.02. The van der Waals surface area contributed by atoms with Crippen molar-refractivity contribution in [1.82, 2.24) is 0 Å². The Kier molecular flexibility index (Phi) is 2.01. The van der Waals surface area contributed by atoms with E-state index in [1.165, 1.54) is 0 Å². The first-order chi connectivity index (χ1) is 6.50. The van der Waals surface area contributed by atoms with Crippen LogP contribution in [0.5, 0.6) is 0 Å². The topological polar surface area (TPSA) is 63.2 Å². The van der Waals surface area contributed by atoms with Gasteiger partial charge in [-0.15, -0.1) is 0 Å². The molecule has 14 heavy (non-hydrogen) atoms. The Hall–Kier alpha value is -1.07. The average molecular weight is 232 g/mol. The molecule has 1 aliphatic rings. The van der Waals surface area contributed by atoms with E-state index in [4.69, 9.17) is 10.7 Å². The van der Waals surface area contributed by atoms with E-state index in [0.717, 1.165) is 0 Å². The number of carbonyl (C=O) groups is 1. The second-order valence-corrected chi connectivity index (χ2v) is 5.65. The number of nitrogens with one attached hydrogen (secondary N) is 1. The Morgan fingerprint density at radius 3 is 2.57 bits per heavy atom. The van der Waals surface area contributed by atoms with Crippen LogP contribution >= 0.6 is 10.7 Å². The standard InChI is InChI=1S/C8H6ClNO3S/c9-14(12,13)7-5-3-1-2-4-6(5)10-8(7)11/h1-4,7H,(H,10,11). The monoisotopic (exact) mass is 231 g/mol. The van der Waals surface area contributed by atoms with Crippen molar-refractivity contribution in [3.63, 3.8) is 0 Å². The van der Waals surface area contributed by atoms with Gasteiger partial charge in [-0.3, -0.25) is 4.79 Å². The van der Waals surface area contributed by atoms with Crippen LogP contribution in [0.2, 0.25) is 0 Å². The number of rotatable bonds is 1. The zero-order chi connectivity index (χ0) is 10.3. The highest BCUT2D eigenvalue weighted by Gasteiger charge is 2.39. The fraction of sp³-hybridized carbons (Fsp3) is 0.125. The van der Waals surface area contributed by atoms with Gasteiger partial charge in [0.2, 0.25) is 15.0 Å². The van der Waals surface area contributed by atoms with Crippen LogP contribution in [0.1, 0.15) is 10.8 Å². The molecule has 1 aromatic rings. The molecule has 0 aliphatic carbocycles. The first-order valence-electron chi connectivity index (χ1n) is 3.83. The molecule has 4 nitrogen and oxygen atoms in total. The molecule has 1 aliphatic heterocycles. The lowest BCUT2D eigenvalue weighted by molar-refractivity contribution is -0.115. The minimum atomic E-state index is -3.90. The molecule has 1 amide bonds. The fourth-order valence-electron chi connectivity index (χ4n) is 1.46. The first-order valence-corrected chi connectivity index (χ1v) is 6.20. The highest BCUT2D eigenvalue weighted by atomic mass is 35.7. The number of para-hydroxylation sites is 1. The first kappa shape index (κ1) is 9.48. The molecule has 0 aromatic heterocycles. The number of halogens is 1. The Balaban J connectivity index is 2.61. The molecule has 0 fully saturated rings. The summed E-state index contributed by atoms with van der Waals surface area (Å²) in [5.74, 6) is -0.596. The van der Waals surface area contributed by atoms with Crippen molar-refractivity contribution in [1.29, 1.82) is 0 Å². The molecule has 74 valence electrons. The lowest BCUT2D eigenvalue weighted by atomic mass is 10.2. The van der Waals surface area contributed by atoms with Gasteiger partial charge in [0.25, 0.3) is 0 Å². The molecular weight excluding hydrogens is 226 g/mol. The van der Waals surface area contributed by atoms with Gasteiger partial charge in [-0.25, -0.2) is 8.42 Å². The summed E-state index contributed by atoms with van der Waals surface area (Å²) in [6.45, 7) is 0. The fourth-order valence-corrected chi connectivity index (χ4v) is 2.81. The summed E-state index contributed by atoms with van der Waals surface area (Å²) in [6, 6.07) is 6.57. The lowest BCUT2D eigenvalue weighted by Crippen LogP contribution is -2.17. The molecule has 2 rings (SSSR count). The van der Waals surface area contributed by atoms with Crippen molar-refractivity contribution in [2.24, 2.45) is 0 Å². The van der Waals surface area contributed by atoms with E-state index in [1.54, 1.807) is 24.3 Å². The second-order valence-electron chi connectivity index (χ2n) is 2.93. The van der Waals surface area contributed by atoms with Gasteiger partial charge in [0.15, 0.2) is 5.25 Å². The summed E-state index contributed by atoms with van der Waals surface area (Å²) in [5.41, 5.74) is 0.916. The number of fused-ring (bicyclic) bond motifs is 1. The van der Waals surface area contributed by atoms with E-state index in [0.29, 0.717) is 11.3 Å². The van der Waals surface area contributed by atoms with Crippen molar-refractivity contribution in [2.75, 3.05) is 5.32 Å². The van der Waals surface area contributed by atoms with Crippen molar-refractivity contribution in [3.05, 3.63) is 29.8 Å². The van der Waals surface area contributed by atoms with Crippen molar-refractivity contribution >= 4 is 31.3 Å². The van der Waals surface area contributed by atoms with Crippen LogP contribution < -0.4 is 5.32 Å². The molecular formula is C8H6ClNO3S. The molecule has 1 N–H and O–H groups in total. The minimum Gasteiger partial charge on any atom is -0.324 e. The molecule has 1 unspecified atom stereocenters. The average Bonchev–Trinajstić information content (AvgIpc) is 2.38. The number of benzene rings is 1. The zero-order valence-corrected chi connectivity index (χ0v) is 8.47. The van der Waals surface area contributed by atoms with E-state index in [-0.39, 0.29) is 0 Å². The minimum absolute atomic E-state index is 0.410. The normalized spacial score (nSPS) is 20.4. The van der Waals surface area contributed by atoms with Gasteiger partial charge in [-0.2, -0.15) is 0 Å². The maximum absolute atomic E-state index is 11.3. The molecule has 1 atom stereocenters. The van der Waals surface area contributed by atoms with Gasteiger partial charge in [0.05, 0.1) is 0 Å². The number of hydrogen-bond donors (Lipinski definition) is 1. The Morgan fingerprint density at radius 2 is 1.93 bits per heavy atom. The van der Waals surface area contributed by atoms with Gasteiger partial charge < -0.3 is 5.32 Å². The molecule has 6 heteroatoms. The molecule has 0 bridgehead atoms. The van der Waals surface area contributed by atoms with E-state index in [1.807, 2.05) is 0 Å². The summed E-state index contributed by atoms with van der Waals surface area (Å²) in [5, 5.41) is 1.17. The van der Waals surface area contributed by atoms with Gasteiger partial charge >= 0.3 is 0 Å². The maximum atomic E-state index is 11.3. The number of anilines is 1. The Bertz CT molecular complexity index is 497. The summed E-state index contributed by atoms with van der Waals surface area (Å²) in [6.07, 6.45) is 0. The van der Waals surface area contributed by atoms with Crippen molar-refractivity contribution in [2.45, 2.75) is 5.25 Å². The van der Waals surface area contributed by atoms with Crippen LogP contribution in [0.15, 0.2) is 24.3 Å². The summed E-state index contributed by atoms with van der Waals surface area (Å²) in [7, 11) is 1.27. The van der Waals surface area contributed by atoms with E-state index in [9.17, 15) is 13.2 Å². The van der Waals surface area contributed by atoms with Crippen LogP contribution in [0.25, 0.3) is 0 Å². The summed E-state index contributed by atoms with van der Waals surface area (Å²) < 4.78 is 22.2. The SMILES string of the molecule is O=C1Nc2ccccc2C1S(=O)(=O)Cl. The van der Waals surface area contributed by atoms with Crippen LogP contribution in [0, 0.1) is 0 Å². The zero-order valence-electron chi connectivity index (χ0n) is 6.90. The highest BCUT2D eigenvalue weighted by molar-refractivity contribution is 8.14. The number of hydrogen-bond acceptors (Lipinski definition) is 3. The van der Waals surface area contributed by atoms with Crippen LogP contribution in [0.3, 0.4) is 0 Å². The second kappa shape index (κ2) is 2.96. The third kappa shape index (κ3) is 1.38. The molecule has 1 aromatic carbocycles. The molecule has 0 radical (unpaired) electrons. The van der Waals surface area contributed by atoms with Gasteiger partial charge in [0.1, 0.15) is 0 Å². The number of amides is 1. The van der Waals surface area contributed by atoms with Gasteiger partial charge in [-0.1, -0.05) is 18.2 Å². The molecule has 0 saturated carbocycles. The van der Waals surface area contributed by atoms with Gasteiger partial charge in [0, 0.05) is 21.9 Å². The van der Waals surface area contributed by atoms with Crippen molar-refractivity contribution < 1.29 is 13.2 Å². The van der Waals surface area contributed by atoms with E-state index < -0.39 is 20.2 Å². The quantitative estimate of drug-likeness (QED) is 0.740. The number of carbonyl (C=O) groups excluding carboxylic acids is 1. The summed E-state index contributed by atoms with van der Waals surface area (Å²) >= 11 is 0. The van der Waals surface area contributed by atoms with Gasteiger partial charge in [-0.05, 0) is 6.07 Å². The predicted octanol–water partition coefficient (Wildman–Crippen LogP) is 1.25. The lowest BCUT2D eigenvalue weighted by Gasteiger charge is -2.02. The Morgan fingerprint density at radius 1 is 1.29 bits per heavy atom. The van der Waals surface area contributed by atoms with E-state index in [2.05, 4.69) is 5.32 Å².